The first-order chi connectivity index (χ1) is 43.0. The molecule has 0 bridgehead atoms. The third-order valence-electron chi connectivity index (χ3n) is 17.7. The lowest BCUT2D eigenvalue weighted by Crippen LogP contribution is -2.45. The summed E-state index contributed by atoms with van der Waals surface area (Å²) >= 11 is 0. The molecule has 3 N–H and O–H groups in total. The Morgan fingerprint density at radius 1 is 0.398 bits per heavy atom. The molecule has 1 amide bonds. The SMILES string of the molecule is CC/C=C\C/C=C\C/C=C\C/C=C\CCCCCCCCCCCCCCCCCCCCCCCCCCC(=O)NC(COP(=O)(O)OCC[N+](C)(C)C)C(O)/C=C/CCCCCCCCCCCCCCCCCCCCCCCCCCCCC. The van der Waals surface area contributed by atoms with Crippen LogP contribution in [-0.4, -0.2) is 73.4 Å². The Balaban J connectivity index is 3.96. The van der Waals surface area contributed by atoms with E-state index in [1.807, 2.05) is 27.2 Å². The molecular formula is C79H152N2O6P+. The fraction of sp³-hybridized carbons (Fsp3) is 0.861. The maximum Gasteiger partial charge on any atom is 0.472 e. The first kappa shape index (κ1) is 86.2. The summed E-state index contributed by atoms with van der Waals surface area (Å²) in [6.45, 7) is 4.76. The van der Waals surface area contributed by atoms with Gasteiger partial charge in [-0.3, -0.25) is 13.8 Å². The summed E-state index contributed by atoms with van der Waals surface area (Å²) in [6.07, 6.45) is 96.9. The Morgan fingerprint density at radius 2 is 0.682 bits per heavy atom. The van der Waals surface area contributed by atoms with Gasteiger partial charge in [0, 0.05) is 6.42 Å². The molecule has 0 spiro atoms. The van der Waals surface area contributed by atoms with Crippen molar-refractivity contribution in [1.82, 2.24) is 5.32 Å². The predicted molar refractivity (Wildman–Crippen MR) is 387 cm³/mol. The van der Waals surface area contributed by atoms with E-state index in [0.29, 0.717) is 17.4 Å². The van der Waals surface area contributed by atoms with Crippen molar-refractivity contribution in [2.45, 2.75) is 398 Å². The third-order valence-corrected chi connectivity index (χ3v) is 18.7. The molecule has 518 valence electrons. The number of nitrogens with one attached hydrogen (secondary N) is 1. The highest BCUT2D eigenvalue weighted by atomic mass is 31.2. The first-order valence-corrected chi connectivity index (χ1v) is 40.2. The molecule has 0 saturated heterocycles. The van der Waals surface area contributed by atoms with Gasteiger partial charge in [0.05, 0.1) is 39.9 Å². The summed E-state index contributed by atoms with van der Waals surface area (Å²) in [5, 5.41) is 14.1. The number of likely N-dealkylation sites (N-methyl/N-ethyl adjacent to an activating group) is 1. The highest BCUT2D eigenvalue weighted by molar-refractivity contribution is 7.47. The smallest absolute Gasteiger partial charge is 0.387 e. The zero-order valence-electron chi connectivity index (χ0n) is 59.5. The van der Waals surface area contributed by atoms with Crippen molar-refractivity contribution in [3.63, 3.8) is 0 Å². The predicted octanol–water partition coefficient (Wildman–Crippen LogP) is 25.1. The van der Waals surface area contributed by atoms with Gasteiger partial charge in [-0.25, -0.2) is 4.57 Å². The highest BCUT2D eigenvalue weighted by Crippen LogP contribution is 2.43. The van der Waals surface area contributed by atoms with Crippen molar-refractivity contribution in [3.05, 3.63) is 60.8 Å². The van der Waals surface area contributed by atoms with Gasteiger partial charge in [0.1, 0.15) is 13.2 Å². The number of phosphoric acid groups is 1. The Morgan fingerprint density at radius 3 is 1.00 bits per heavy atom. The molecule has 0 radical (unpaired) electrons. The Hall–Kier alpha value is -1.80. The van der Waals surface area contributed by atoms with Gasteiger partial charge >= 0.3 is 7.82 Å². The first-order valence-electron chi connectivity index (χ1n) is 38.7. The Labute approximate surface area is 549 Å². The number of quaternary nitrogens is 1. The molecule has 0 aromatic carbocycles. The van der Waals surface area contributed by atoms with Crippen LogP contribution in [-0.2, 0) is 18.4 Å². The summed E-state index contributed by atoms with van der Waals surface area (Å²) in [6, 6.07) is -0.848. The number of allylic oxidation sites excluding steroid dienone is 9. The van der Waals surface area contributed by atoms with Gasteiger partial charge in [0.2, 0.25) is 5.91 Å². The van der Waals surface area contributed by atoms with Crippen molar-refractivity contribution in [3.8, 4) is 0 Å². The van der Waals surface area contributed by atoms with Gasteiger partial charge in [-0.15, -0.1) is 0 Å². The van der Waals surface area contributed by atoms with E-state index in [1.54, 1.807) is 6.08 Å². The molecular weight excluding hydrogens is 1100 g/mol. The molecule has 3 atom stereocenters. The molecule has 88 heavy (non-hydrogen) atoms. The van der Waals surface area contributed by atoms with Crippen LogP contribution in [0.25, 0.3) is 0 Å². The van der Waals surface area contributed by atoms with E-state index in [4.69, 9.17) is 9.05 Å². The number of phosphoric ester groups is 1. The van der Waals surface area contributed by atoms with Crippen molar-refractivity contribution < 1.29 is 32.9 Å². The van der Waals surface area contributed by atoms with Gasteiger partial charge in [-0.2, -0.15) is 0 Å². The minimum Gasteiger partial charge on any atom is -0.387 e. The average Bonchev–Trinajstić information content (AvgIpc) is 3.70. The van der Waals surface area contributed by atoms with Crippen molar-refractivity contribution in [2.75, 3.05) is 40.9 Å². The molecule has 0 fully saturated rings. The minimum atomic E-state index is -4.36. The minimum absolute atomic E-state index is 0.0631. The number of carbonyl (C=O) groups is 1. The second-order valence-electron chi connectivity index (χ2n) is 27.7. The summed E-state index contributed by atoms with van der Waals surface area (Å²) in [5.41, 5.74) is 0. The molecule has 0 aliphatic heterocycles. The number of hydrogen-bond donors (Lipinski definition) is 3. The quantitative estimate of drug-likeness (QED) is 0.0243. The number of carbonyl (C=O) groups excluding carboxylic acids is 1. The lowest BCUT2D eigenvalue weighted by Gasteiger charge is -2.25. The number of hydrogen-bond acceptors (Lipinski definition) is 5. The van der Waals surface area contributed by atoms with Crippen molar-refractivity contribution in [2.24, 2.45) is 0 Å². The average molecular weight is 1260 g/mol. The van der Waals surface area contributed by atoms with E-state index in [1.165, 1.54) is 308 Å². The standard InChI is InChI=1S/C79H151N2O6P/c1-6-8-10-12-14-16-18-20-22-24-26-28-30-32-34-36-37-38-39-40-41-42-43-45-47-49-51-53-55-57-59-61-63-65-67-69-71-73-79(83)80-77(76-87-88(84,85)86-75-74-81(3,4)5)78(82)72-70-68-66-64-62-60-58-56-54-52-50-48-46-44-35-33-31-29-27-25-23-21-19-17-15-13-11-9-7-2/h8,10,14,16,20,22,26,28,70,72,77-78,82H,6-7,9,11-13,15,17-19,21,23-25,27,29-69,71,73-76H2,1-5H3,(H-,80,83,84,85)/p+1/b10-8-,16-14-,22-20-,28-26-,72-70+. The topological polar surface area (TPSA) is 105 Å². The van der Waals surface area contributed by atoms with Crippen LogP contribution >= 0.6 is 7.82 Å². The normalized spacial score (nSPS) is 13.9. The zero-order chi connectivity index (χ0) is 64.1. The van der Waals surface area contributed by atoms with Crippen LogP contribution in [0.2, 0.25) is 0 Å². The number of amides is 1. The van der Waals surface area contributed by atoms with Gasteiger partial charge < -0.3 is 19.8 Å². The molecule has 0 aromatic heterocycles. The van der Waals surface area contributed by atoms with E-state index >= 15 is 0 Å². The molecule has 3 unspecified atom stereocenters. The Kier molecular flexibility index (Phi) is 68.1. The highest BCUT2D eigenvalue weighted by Gasteiger charge is 2.28. The number of unbranched alkanes of at least 4 members (excludes halogenated alkanes) is 51. The molecule has 0 aliphatic carbocycles. The second-order valence-corrected chi connectivity index (χ2v) is 29.2. The van der Waals surface area contributed by atoms with E-state index in [9.17, 15) is 19.4 Å². The fourth-order valence-electron chi connectivity index (χ4n) is 11.8. The van der Waals surface area contributed by atoms with E-state index in [-0.39, 0.29) is 19.1 Å². The molecule has 9 heteroatoms. The summed E-state index contributed by atoms with van der Waals surface area (Å²) < 4.78 is 23.9. The van der Waals surface area contributed by atoms with Crippen LogP contribution in [0.3, 0.4) is 0 Å². The van der Waals surface area contributed by atoms with Crippen LogP contribution in [0.15, 0.2) is 60.8 Å². The van der Waals surface area contributed by atoms with E-state index in [0.717, 1.165) is 57.8 Å². The molecule has 8 nitrogen and oxygen atoms in total. The van der Waals surface area contributed by atoms with E-state index < -0.39 is 20.0 Å². The number of aliphatic hydroxyl groups excluding tert-OH is 1. The third kappa shape index (κ3) is 71.6. The maximum absolute atomic E-state index is 13.1. The van der Waals surface area contributed by atoms with Crippen LogP contribution in [0.4, 0.5) is 0 Å². The number of rotatable bonds is 72. The van der Waals surface area contributed by atoms with Crippen molar-refractivity contribution >= 4 is 13.7 Å². The fourth-order valence-corrected chi connectivity index (χ4v) is 12.5. The summed E-state index contributed by atoms with van der Waals surface area (Å²) in [7, 11) is 1.59. The number of nitrogens with zero attached hydrogens (tertiary/aromatic N) is 1. The van der Waals surface area contributed by atoms with Gasteiger partial charge in [0.25, 0.3) is 0 Å². The zero-order valence-corrected chi connectivity index (χ0v) is 60.4. The van der Waals surface area contributed by atoms with Crippen LogP contribution in [0.5, 0.6) is 0 Å². The second kappa shape index (κ2) is 69.5. The lowest BCUT2D eigenvalue weighted by atomic mass is 10.0. The van der Waals surface area contributed by atoms with Gasteiger partial charge in [-0.1, -0.05) is 383 Å². The monoisotopic (exact) mass is 1260 g/mol. The van der Waals surface area contributed by atoms with Crippen molar-refractivity contribution in [1.29, 1.82) is 0 Å². The summed E-state index contributed by atoms with van der Waals surface area (Å²) in [5.74, 6) is -0.169. The Bertz CT molecular complexity index is 1620. The van der Waals surface area contributed by atoms with Crippen LogP contribution < -0.4 is 5.32 Å². The molecule has 0 aromatic rings. The molecule has 0 rings (SSSR count). The van der Waals surface area contributed by atoms with Crippen LogP contribution in [0.1, 0.15) is 386 Å². The van der Waals surface area contributed by atoms with Gasteiger partial charge in [-0.05, 0) is 57.8 Å². The molecule has 0 heterocycles. The maximum atomic E-state index is 13.1. The molecule has 0 saturated carbocycles. The molecule has 0 aliphatic rings. The largest absolute Gasteiger partial charge is 0.472 e. The van der Waals surface area contributed by atoms with Gasteiger partial charge in [0.15, 0.2) is 0 Å². The van der Waals surface area contributed by atoms with Crippen LogP contribution in [0, 0.1) is 0 Å². The lowest BCUT2D eigenvalue weighted by molar-refractivity contribution is -0.870. The van der Waals surface area contributed by atoms with E-state index in [2.05, 4.69) is 67.8 Å². The number of aliphatic hydroxyl groups is 1. The summed E-state index contributed by atoms with van der Waals surface area (Å²) in [4.78, 5) is 23.5.